The van der Waals surface area contributed by atoms with Gasteiger partial charge in [-0.1, -0.05) is 31.0 Å². The Labute approximate surface area is 98.8 Å². The summed E-state index contributed by atoms with van der Waals surface area (Å²) in [7, 11) is 0. The second-order valence-corrected chi connectivity index (χ2v) is 4.64. The van der Waals surface area contributed by atoms with E-state index in [1.807, 2.05) is 0 Å². The number of nitrogens with two attached hydrogens (primary N) is 1. The normalized spacial score (nSPS) is 25.9. The zero-order valence-electron chi connectivity index (χ0n) is 9.50. The number of rotatable bonds is 1. The summed E-state index contributed by atoms with van der Waals surface area (Å²) >= 11 is 0. The Bertz CT molecular complexity index is 386. The zero-order chi connectivity index (χ0) is 12.5. The van der Waals surface area contributed by atoms with Crippen molar-refractivity contribution in [2.75, 3.05) is 0 Å². The van der Waals surface area contributed by atoms with E-state index in [4.69, 9.17) is 5.73 Å². The summed E-state index contributed by atoms with van der Waals surface area (Å²) in [5, 5.41) is 0. The first kappa shape index (κ1) is 12.4. The van der Waals surface area contributed by atoms with Crippen molar-refractivity contribution in [1.82, 2.24) is 0 Å². The largest absolute Gasteiger partial charge is 0.416 e. The molecule has 1 aliphatic rings. The van der Waals surface area contributed by atoms with Gasteiger partial charge < -0.3 is 5.73 Å². The van der Waals surface area contributed by atoms with Crippen LogP contribution in [0, 0.1) is 0 Å². The van der Waals surface area contributed by atoms with Gasteiger partial charge in [0.25, 0.3) is 0 Å². The molecule has 1 saturated carbocycles. The molecule has 1 aromatic rings. The van der Waals surface area contributed by atoms with Crippen molar-refractivity contribution in [3.63, 3.8) is 0 Å². The van der Waals surface area contributed by atoms with Crippen LogP contribution in [0.25, 0.3) is 0 Å². The molecule has 0 aliphatic heterocycles. The van der Waals surface area contributed by atoms with Gasteiger partial charge in [0.15, 0.2) is 0 Å². The van der Waals surface area contributed by atoms with Crippen LogP contribution in [0.2, 0.25) is 0 Å². The molecule has 0 unspecified atom stereocenters. The summed E-state index contributed by atoms with van der Waals surface area (Å²) in [5.74, 6) is -0.151. The van der Waals surface area contributed by atoms with Gasteiger partial charge in [-0.2, -0.15) is 13.2 Å². The molecule has 17 heavy (non-hydrogen) atoms. The maximum atomic E-state index is 12.9. The third-order valence-electron chi connectivity index (χ3n) is 3.49. The number of alkyl halides is 3. The number of hydrogen-bond acceptors (Lipinski definition) is 1. The zero-order valence-corrected chi connectivity index (χ0v) is 9.50. The molecule has 0 spiro atoms. The first-order valence-electron chi connectivity index (χ1n) is 5.92. The van der Waals surface area contributed by atoms with E-state index in [-0.39, 0.29) is 12.0 Å². The average molecular weight is 243 g/mol. The third-order valence-corrected chi connectivity index (χ3v) is 3.49. The van der Waals surface area contributed by atoms with Gasteiger partial charge in [0.05, 0.1) is 5.56 Å². The molecule has 94 valence electrons. The molecule has 2 atom stereocenters. The third kappa shape index (κ3) is 2.63. The smallest absolute Gasteiger partial charge is 0.327 e. The van der Waals surface area contributed by atoms with Gasteiger partial charge in [0.2, 0.25) is 0 Å². The summed E-state index contributed by atoms with van der Waals surface area (Å²) in [5.41, 5.74) is 5.80. The highest BCUT2D eigenvalue weighted by Crippen LogP contribution is 2.39. The van der Waals surface area contributed by atoms with E-state index in [0.717, 1.165) is 31.7 Å². The fourth-order valence-corrected chi connectivity index (χ4v) is 2.62. The molecule has 0 bridgehead atoms. The Morgan fingerprint density at radius 3 is 2.35 bits per heavy atom. The van der Waals surface area contributed by atoms with E-state index in [9.17, 15) is 13.2 Å². The van der Waals surface area contributed by atoms with Gasteiger partial charge in [-0.05, 0) is 30.4 Å². The molecular formula is C13H16F3N. The number of hydrogen-bond donors (Lipinski definition) is 1. The van der Waals surface area contributed by atoms with Crippen molar-refractivity contribution in [1.29, 1.82) is 0 Å². The lowest BCUT2D eigenvalue weighted by molar-refractivity contribution is -0.138. The lowest BCUT2D eigenvalue weighted by Crippen LogP contribution is -2.32. The molecule has 2 rings (SSSR count). The Balaban J connectivity index is 2.37. The van der Waals surface area contributed by atoms with Gasteiger partial charge in [-0.15, -0.1) is 0 Å². The first-order chi connectivity index (χ1) is 8.00. The Morgan fingerprint density at radius 1 is 1.06 bits per heavy atom. The van der Waals surface area contributed by atoms with E-state index in [0.29, 0.717) is 5.56 Å². The second kappa shape index (κ2) is 4.69. The molecule has 0 heterocycles. The van der Waals surface area contributed by atoms with Crippen LogP contribution in [-0.2, 0) is 6.18 Å². The van der Waals surface area contributed by atoms with Crippen LogP contribution in [0.5, 0.6) is 0 Å². The molecule has 1 aromatic carbocycles. The van der Waals surface area contributed by atoms with Crippen molar-refractivity contribution in [3.8, 4) is 0 Å². The summed E-state index contributed by atoms with van der Waals surface area (Å²) in [6.07, 6.45) is -0.727. The molecule has 1 nitrogen and oxygen atoms in total. The molecule has 4 heteroatoms. The van der Waals surface area contributed by atoms with Crippen LogP contribution < -0.4 is 5.73 Å². The van der Waals surface area contributed by atoms with Crippen LogP contribution in [0.1, 0.15) is 42.7 Å². The van der Waals surface area contributed by atoms with Crippen molar-refractivity contribution in [2.45, 2.75) is 43.8 Å². The fourth-order valence-electron chi connectivity index (χ4n) is 2.62. The minimum Gasteiger partial charge on any atom is -0.327 e. The van der Waals surface area contributed by atoms with Gasteiger partial charge in [-0.3, -0.25) is 0 Å². The fraction of sp³-hybridized carbons (Fsp3) is 0.538. The summed E-state index contributed by atoms with van der Waals surface area (Å²) in [6, 6.07) is 5.66. The maximum Gasteiger partial charge on any atom is 0.416 e. The number of halogens is 3. The Morgan fingerprint density at radius 2 is 1.71 bits per heavy atom. The van der Waals surface area contributed by atoms with Crippen molar-refractivity contribution < 1.29 is 13.2 Å². The van der Waals surface area contributed by atoms with Crippen molar-refractivity contribution >= 4 is 0 Å². The Hall–Kier alpha value is -1.03. The highest BCUT2D eigenvalue weighted by Gasteiger charge is 2.36. The second-order valence-electron chi connectivity index (χ2n) is 4.64. The minimum absolute atomic E-state index is 0.146. The van der Waals surface area contributed by atoms with Gasteiger partial charge in [0.1, 0.15) is 0 Å². The molecular weight excluding hydrogens is 227 g/mol. The van der Waals surface area contributed by atoms with E-state index >= 15 is 0 Å². The standard InChI is InChI=1S/C13H16F3N/c14-13(15,16)11-7-3-1-5-9(11)10-6-2-4-8-12(10)17/h1,3,5,7,10,12H,2,4,6,8,17H2/t10-,12-/m1/s1. The number of benzene rings is 1. The van der Waals surface area contributed by atoms with Crippen molar-refractivity contribution in [2.24, 2.45) is 5.73 Å². The quantitative estimate of drug-likeness (QED) is 0.799. The van der Waals surface area contributed by atoms with Crippen LogP contribution in [0.3, 0.4) is 0 Å². The molecule has 1 fully saturated rings. The van der Waals surface area contributed by atoms with E-state index in [1.54, 1.807) is 12.1 Å². The molecule has 0 amide bonds. The first-order valence-corrected chi connectivity index (χ1v) is 5.92. The monoisotopic (exact) mass is 243 g/mol. The summed E-state index contributed by atoms with van der Waals surface area (Å²) in [6.45, 7) is 0. The molecule has 1 aliphatic carbocycles. The Kier molecular flexibility index (Phi) is 3.43. The van der Waals surface area contributed by atoms with Gasteiger partial charge in [-0.25, -0.2) is 0 Å². The minimum atomic E-state index is -4.28. The van der Waals surface area contributed by atoms with E-state index in [1.165, 1.54) is 6.07 Å². The average Bonchev–Trinajstić information content (AvgIpc) is 2.28. The topological polar surface area (TPSA) is 26.0 Å². The van der Waals surface area contributed by atoms with Crippen LogP contribution >= 0.6 is 0 Å². The lowest BCUT2D eigenvalue weighted by atomic mass is 9.79. The molecule has 0 radical (unpaired) electrons. The van der Waals surface area contributed by atoms with Crippen LogP contribution in [0.4, 0.5) is 13.2 Å². The van der Waals surface area contributed by atoms with Gasteiger partial charge >= 0.3 is 6.18 Å². The molecule has 0 saturated heterocycles. The van der Waals surface area contributed by atoms with Crippen molar-refractivity contribution in [3.05, 3.63) is 35.4 Å². The molecule has 2 N–H and O–H groups in total. The highest BCUT2D eigenvalue weighted by molar-refractivity contribution is 5.34. The van der Waals surface area contributed by atoms with Crippen LogP contribution in [0.15, 0.2) is 24.3 Å². The highest BCUT2D eigenvalue weighted by atomic mass is 19.4. The van der Waals surface area contributed by atoms with Gasteiger partial charge in [0, 0.05) is 6.04 Å². The van der Waals surface area contributed by atoms with E-state index in [2.05, 4.69) is 0 Å². The summed E-state index contributed by atoms with van der Waals surface area (Å²) in [4.78, 5) is 0. The summed E-state index contributed by atoms with van der Waals surface area (Å²) < 4.78 is 38.7. The lowest BCUT2D eigenvalue weighted by Gasteiger charge is -2.30. The van der Waals surface area contributed by atoms with E-state index < -0.39 is 11.7 Å². The predicted molar refractivity (Wildman–Crippen MR) is 60.6 cm³/mol. The SMILES string of the molecule is N[C@@H]1CCCC[C@@H]1c1ccccc1C(F)(F)F. The maximum absolute atomic E-state index is 12.9. The van der Waals surface area contributed by atoms with Crippen LogP contribution in [-0.4, -0.2) is 6.04 Å². The predicted octanol–water partition coefficient (Wildman–Crippen LogP) is 3.69. The molecule has 0 aromatic heterocycles.